The quantitative estimate of drug-likeness (QED) is 0.409. The van der Waals surface area contributed by atoms with E-state index in [1.807, 2.05) is 6.08 Å². The second kappa shape index (κ2) is 4.26. The van der Waals surface area contributed by atoms with Crippen LogP contribution in [0.15, 0.2) is 12.7 Å². The van der Waals surface area contributed by atoms with Crippen LogP contribution < -0.4 is 0 Å². The third kappa shape index (κ3) is 6.46. The number of hydrogen-bond donors (Lipinski definition) is 0. The van der Waals surface area contributed by atoms with Crippen LogP contribution in [0.1, 0.15) is 33.6 Å². The summed E-state index contributed by atoms with van der Waals surface area (Å²) in [5, 5.41) is 0. The SMILES string of the molecule is [Li][CH](C=C)CCC(C)(C)C. The van der Waals surface area contributed by atoms with Gasteiger partial charge in [0.25, 0.3) is 0 Å². The fraction of sp³-hybridized carbons (Fsp3) is 0.778. The fourth-order valence-corrected chi connectivity index (χ4v) is 0.779. The van der Waals surface area contributed by atoms with Crippen molar-refractivity contribution in [1.29, 1.82) is 0 Å². The van der Waals surface area contributed by atoms with E-state index in [2.05, 4.69) is 45.1 Å². The minimum atomic E-state index is 0.483. The molecule has 0 bridgehead atoms. The Hall–Kier alpha value is 0.337. The normalized spacial score (nSPS) is 14.9. The van der Waals surface area contributed by atoms with Crippen LogP contribution in [0.2, 0.25) is 4.59 Å². The van der Waals surface area contributed by atoms with Gasteiger partial charge in [0.2, 0.25) is 0 Å². The maximum atomic E-state index is 3.76. The van der Waals surface area contributed by atoms with Crippen molar-refractivity contribution in [2.24, 2.45) is 5.41 Å². The van der Waals surface area contributed by atoms with E-state index in [4.69, 9.17) is 0 Å². The van der Waals surface area contributed by atoms with Gasteiger partial charge in [-0.1, -0.05) is 0 Å². The van der Waals surface area contributed by atoms with Gasteiger partial charge in [0, 0.05) is 0 Å². The molecule has 0 aromatic carbocycles. The molecule has 0 aliphatic carbocycles. The Balaban J connectivity index is 3.45. The van der Waals surface area contributed by atoms with Gasteiger partial charge < -0.3 is 0 Å². The van der Waals surface area contributed by atoms with Gasteiger partial charge in [-0.3, -0.25) is 0 Å². The van der Waals surface area contributed by atoms with Crippen molar-refractivity contribution < 1.29 is 0 Å². The first-order valence-electron chi connectivity index (χ1n) is 4.08. The molecule has 0 amide bonds. The van der Waals surface area contributed by atoms with Gasteiger partial charge >= 0.3 is 74.0 Å². The van der Waals surface area contributed by atoms with E-state index in [1.54, 1.807) is 0 Å². The number of hydrogen-bond acceptors (Lipinski definition) is 0. The Bertz CT molecular complexity index is 99.8. The van der Waals surface area contributed by atoms with Crippen molar-refractivity contribution in [2.45, 2.75) is 38.2 Å². The second-order valence-corrected chi connectivity index (χ2v) is 4.31. The van der Waals surface area contributed by atoms with E-state index in [9.17, 15) is 0 Å². The van der Waals surface area contributed by atoms with Crippen LogP contribution in [0, 0.1) is 5.41 Å². The molecule has 54 valence electrons. The van der Waals surface area contributed by atoms with E-state index in [1.165, 1.54) is 12.8 Å². The molecule has 0 radical (unpaired) electrons. The molecule has 1 unspecified atom stereocenters. The van der Waals surface area contributed by atoms with E-state index in [0.29, 0.717) is 10.0 Å². The molecule has 0 fully saturated rings. The molecule has 0 aliphatic rings. The van der Waals surface area contributed by atoms with Crippen molar-refractivity contribution in [3.05, 3.63) is 12.7 Å². The Kier molecular flexibility index (Phi) is 4.41. The van der Waals surface area contributed by atoms with Crippen molar-refractivity contribution in [1.82, 2.24) is 0 Å². The van der Waals surface area contributed by atoms with Gasteiger partial charge in [-0.2, -0.15) is 0 Å². The van der Waals surface area contributed by atoms with Gasteiger partial charge in [-0.05, 0) is 0 Å². The van der Waals surface area contributed by atoms with Crippen LogP contribution in [0.5, 0.6) is 0 Å². The zero-order valence-electron chi connectivity index (χ0n) is 7.78. The third-order valence-corrected chi connectivity index (χ3v) is 1.75. The first kappa shape index (κ1) is 10.3. The van der Waals surface area contributed by atoms with Crippen LogP contribution >= 0.6 is 0 Å². The van der Waals surface area contributed by atoms with Crippen LogP contribution in [0.25, 0.3) is 0 Å². The van der Waals surface area contributed by atoms with Crippen LogP contribution in [-0.2, 0) is 0 Å². The Labute approximate surface area is 74.3 Å². The molecule has 0 aromatic rings. The van der Waals surface area contributed by atoms with Gasteiger partial charge in [0.1, 0.15) is 0 Å². The predicted molar refractivity (Wildman–Crippen MR) is 48.4 cm³/mol. The summed E-state index contributed by atoms with van der Waals surface area (Å²) in [5.41, 5.74) is 0.483. The average molecular weight is 132 g/mol. The monoisotopic (exact) mass is 132 g/mol. The summed E-state index contributed by atoms with van der Waals surface area (Å²) >= 11 is 2.22. The van der Waals surface area contributed by atoms with E-state index in [-0.39, 0.29) is 0 Å². The molecule has 0 aliphatic heterocycles. The molecule has 0 heterocycles. The predicted octanol–water partition coefficient (Wildman–Crippen LogP) is 2.96. The fourth-order valence-electron chi connectivity index (χ4n) is 0.779. The van der Waals surface area contributed by atoms with Crippen molar-refractivity contribution >= 4 is 17.7 Å². The molecular formula is C9H17Li. The summed E-state index contributed by atoms with van der Waals surface area (Å²) < 4.78 is 0.680. The molecule has 10 heavy (non-hydrogen) atoms. The topological polar surface area (TPSA) is 0 Å². The standard InChI is InChI=1S/C9H17.Li/c1-5-6-7-8-9(2,3)4;/h5-6H,1,7-8H2,2-4H3;. The van der Waals surface area contributed by atoms with Gasteiger partial charge in [0.05, 0.1) is 0 Å². The molecule has 0 rings (SSSR count). The third-order valence-electron chi connectivity index (χ3n) is 1.75. The van der Waals surface area contributed by atoms with Crippen LogP contribution in [-0.4, -0.2) is 17.7 Å². The second-order valence-electron chi connectivity index (χ2n) is 4.31. The molecule has 0 saturated heterocycles. The molecule has 1 atom stereocenters. The first-order valence-corrected chi connectivity index (χ1v) is 4.08. The minimum absolute atomic E-state index is 0.483. The van der Waals surface area contributed by atoms with E-state index < -0.39 is 0 Å². The number of rotatable bonds is 3. The Morgan fingerprint density at radius 1 is 1.50 bits per heavy atom. The van der Waals surface area contributed by atoms with Gasteiger partial charge in [-0.25, -0.2) is 0 Å². The number of allylic oxidation sites excluding steroid dienone is 1. The molecule has 0 spiro atoms. The van der Waals surface area contributed by atoms with Crippen LogP contribution in [0.4, 0.5) is 0 Å². The summed E-state index contributed by atoms with van der Waals surface area (Å²) in [6.07, 6.45) is 4.60. The van der Waals surface area contributed by atoms with E-state index >= 15 is 0 Å². The summed E-state index contributed by atoms with van der Waals surface area (Å²) in [6.45, 7) is 10.6. The molecule has 0 N–H and O–H groups in total. The van der Waals surface area contributed by atoms with Crippen molar-refractivity contribution in [3.8, 4) is 0 Å². The zero-order valence-corrected chi connectivity index (χ0v) is 7.78. The molecule has 0 nitrogen and oxygen atoms in total. The van der Waals surface area contributed by atoms with Crippen molar-refractivity contribution in [3.63, 3.8) is 0 Å². The summed E-state index contributed by atoms with van der Waals surface area (Å²) in [6, 6.07) is 0. The Morgan fingerprint density at radius 3 is 2.30 bits per heavy atom. The average Bonchev–Trinajstić information content (AvgIpc) is 1.81. The van der Waals surface area contributed by atoms with Gasteiger partial charge in [-0.15, -0.1) is 0 Å². The van der Waals surface area contributed by atoms with Crippen molar-refractivity contribution in [2.75, 3.05) is 0 Å². The molecule has 1 heteroatoms. The summed E-state index contributed by atoms with van der Waals surface area (Å²) in [4.78, 5) is 0. The zero-order chi connectivity index (χ0) is 8.20. The molecule has 0 saturated carbocycles. The Morgan fingerprint density at radius 2 is 2.00 bits per heavy atom. The summed E-state index contributed by atoms with van der Waals surface area (Å²) in [5.74, 6) is 0. The summed E-state index contributed by atoms with van der Waals surface area (Å²) in [7, 11) is 0. The van der Waals surface area contributed by atoms with Crippen LogP contribution in [0.3, 0.4) is 0 Å². The molecular weight excluding hydrogens is 115 g/mol. The first-order chi connectivity index (χ1) is 4.45. The van der Waals surface area contributed by atoms with E-state index in [0.717, 1.165) is 0 Å². The van der Waals surface area contributed by atoms with Gasteiger partial charge in [0.15, 0.2) is 0 Å². The molecule has 0 aromatic heterocycles. The maximum absolute atomic E-state index is 3.76.